The van der Waals surface area contributed by atoms with Crippen molar-refractivity contribution < 1.29 is 9.53 Å². The zero-order chi connectivity index (χ0) is 22.0. The molecule has 1 fully saturated rings. The highest BCUT2D eigenvalue weighted by molar-refractivity contribution is 5.69. The van der Waals surface area contributed by atoms with Crippen molar-refractivity contribution in [3.63, 3.8) is 0 Å². The summed E-state index contributed by atoms with van der Waals surface area (Å²) in [5, 5.41) is 3.25. The normalized spacial score (nSPS) is 19.2. The van der Waals surface area contributed by atoms with Crippen LogP contribution in [-0.4, -0.2) is 58.1 Å². The van der Waals surface area contributed by atoms with E-state index in [1.807, 2.05) is 27.8 Å². The Morgan fingerprint density at radius 2 is 1.97 bits per heavy atom. The number of aromatic nitrogens is 2. The number of hydrogen-bond donors (Lipinski definition) is 1. The standard InChI is InChI=1S/C24H33N5O2/c1-24(2,3)31-23(30)29-13-11-19-20(16-29)26-21(27-22(19)25-4)18-10-12-28(15-18)14-17-8-6-5-7-9-17/h5-9,18H,10-16H2,1-4H3,(H,25,26,27). The van der Waals surface area contributed by atoms with Crippen LogP contribution in [0, 0.1) is 0 Å². The van der Waals surface area contributed by atoms with Crippen LogP contribution >= 0.6 is 0 Å². The van der Waals surface area contributed by atoms with E-state index in [0.717, 1.165) is 55.4 Å². The first-order chi connectivity index (χ1) is 14.8. The van der Waals surface area contributed by atoms with Gasteiger partial charge in [-0.25, -0.2) is 14.8 Å². The number of anilines is 1. The number of amides is 1. The molecule has 0 radical (unpaired) electrons. The van der Waals surface area contributed by atoms with Gasteiger partial charge in [0.25, 0.3) is 0 Å². The van der Waals surface area contributed by atoms with E-state index in [1.54, 1.807) is 4.90 Å². The lowest BCUT2D eigenvalue weighted by Crippen LogP contribution is -2.40. The summed E-state index contributed by atoms with van der Waals surface area (Å²) in [5.41, 5.74) is 2.88. The fraction of sp³-hybridized carbons (Fsp3) is 0.542. The third kappa shape index (κ3) is 5.15. The number of ether oxygens (including phenoxy) is 1. The van der Waals surface area contributed by atoms with Crippen LogP contribution in [0.4, 0.5) is 10.6 Å². The quantitative estimate of drug-likeness (QED) is 0.807. The van der Waals surface area contributed by atoms with E-state index in [1.165, 1.54) is 5.56 Å². The summed E-state index contributed by atoms with van der Waals surface area (Å²) in [6, 6.07) is 10.6. The minimum absolute atomic E-state index is 0.278. The molecule has 1 aromatic carbocycles. The summed E-state index contributed by atoms with van der Waals surface area (Å²) in [6.07, 6.45) is 1.50. The second-order valence-corrected chi connectivity index (χ2v) is 9.46. The van der Waals surface area contributed by atoms with E-state index in [4.69, 9.17) is 14.7 Å². The maximum Gasteiger partial charge on any atom is 0.410 e. The molecule has 0 spiro atoms. The Kier molecular flexibility index (Phi) is 6.14. The van der Waals surface area contributed by atoms with Crippen molar-refractivity contribution in [1.82, 2.24) is 19.8 Å². The number of nitrogens with one attached hydrogen (secondary N) is 1. The summed E-state index contributed by atoms with van der Waals surface area (Å²) in [4.78, 5) is 26.6. The zero-order valence-electron chi connectivity index (χ0n) is 19.0. The molecule has 1 amide bonds. The third-order valence-corrected chi connectivity index (χ3v) is 5.86. The first-order valence-electron chi connectivity index (χ1n) is 11.1. The van der Waals surface area contributed by atoms with Crippen molar-refractivity contribution in [3.8, 4) is 0 Å². The van der Waals surface area contributed by atoms with E-state index in [9.17, 15) is 4.79 Å². The zero-order valence-corrected chi connectivity index (χ0v) is 19.0. The first-order valence-corrected chi connectivity index (χ1v) is 11.1. The van der Waals surface area contributed by atoms with Crippen LogP contribution in [0.2, 0.25) is 0 Å². The maximum absolute atomic E-state index is 12.6. The molecule has 2 aromatic rings. The minimum atomic E-state index is -0.504. The Morgan fingerprint density at radius 3 is 2.68 bits per heavy atom. The lowest BCUT2D eigenvalue weighted by atomic mass is 10.0. The molecule has 0 aliphatic carbocycles. The van der Waals surface area contributed by atoms with Crippen molar-refractivity contribution in [2.75, 3.05) is 32.0 Å². The Bertz CT molecular complexity index is 926. The summed E-state index contributed by atoms with van der Waals surface area (Å²) in [6.45, 7) is 9.71. The summed E-state index contributed by atoms with van der Waals surface area (Å²) < 4.78 is 5.57. The molecule has 0 saturated carbocycles. The van der Waals surface area contributed by atoms with Gasteiger partial charge in [-0.3, -0.25) is 4.90 Å². The monoisotopic (exact) mass is 423 g/mol. The average Bonchev–Trinajstić information content (AvgIpc) is 3.20. The fourth-order valence-electron chi connectivity index (χ4n) is 4.35. The third-order valence-electron chi connectivity index (χ3n) is 5.86. The van der Waals surface area contributed by atoms with Gasteiger partial charge in [-0.1, -0.05) is 30.3 Å². The van der Waals surface area contributed by atoms with Crippen LogP contribution in [0.1, 0.15) is 55.8 Å². The van der Waals surface area contributed by atoms with E-state index in [0.29, 0.717) is 19.0 Å². The van der Waals surface area contributed by atoms with Gasteiger partial charge < -0.3 is 15.0 Å². The number of likely N-dealkylation sites (tertiary alicyclic amines) is 1. The van der Waals surface area contributed by atoms with Crippen LogP contribution in [0.25, 0.3) is 0 Å². The number of carbonyl (C=O) groups is 1. The molecular formula is C24H33N5O2. The second kappa shape index (κ2) is 8.83. The molecule has 2 aliphatic heterocycles. The topological polar surface area (TPSA) is 70.6 Å². The van der Waals surface area contributed by atoms with Crippen LogP contribution in [0.3, 0.4) is 0 Å². The SMILES string of the molecule is CNc1nc(C2CCN(Cc3ccccc3)C2)nc2c1CCN(C(=O)OC(C)(C)C)C2. The van der Waals surface area contributed by atoms with Gasteiger partial charge in [0, 0.05) is 38.2 Å². The lowest BCUT2D eigenvalue weighted by molar-refractivity contribution is 0.0220. The lowest BCUT2D eigenvalue weighted by Gasteiger charge is -2.31. The molecule has 3 heterocycles. The van der Waals surface area contributed by atoms with Gasteiger partial charge in [0.05, 0.1) is 12.2 Å². The predicted octanol–water partition coefficient (Wildman–Crippen LogP) is 3.80. The van der Waals surface area contributed by atoms with Crippen molar-refractivity contribution in [2.45, 2.75) is 58.2 Å². The maximum atomic E-state index is 12.6. The summed E-state index contributed by atoms with van der Waals surface area (Å²) in [5.74, 6) is 2.08. The number of nitrogens with zero attached hydrogens (tertiary/aromatic N) is 4. The average molecular weight is 424 g/mol. The van der Waals surface area contributed by atoms with Gasteiger partial charge in [0.15, 0.2) is 0 Å². The smallest absolute Gasteiger partial charge is 0.410 e. The van der Waals surface area contributed by atoms with Crippen LogP contribution in [-0.2, 0) is 24.2 Å². The molecule has 7 nitrogen and oxygen atoms in total. The van der Waals surface area contributed by atoms with Gasteiger partial charge >= 0.3 is 6.09 Å². The molecule has 2 aliphatic rings. The van der Waals surface area contributed by atoms with Gasteiger partial charge in [-0.2, -0.15) is 0 Å². The van der Waals surface area contributed by atoms with Crippen molar-refractivity contribution >= 4 is 11.9 Å². The van der Waals surface area contributed by atoms with Crippen LogP contribution in [0.5, 0.6) is 0 Å². The molecule has 1 aromatic heterocycles. The number of carbonyl (C=O) groups excluding carboxylic acids is 1. The molecule has 1 N–H and O–H groups in total. The highest BCUT2D eigenvalue weighted by atomic mass is 16.6. The Hall–Kier alpha value is -2.67. The number of benzene rings is 1. The Labute approximate surface area is 184 Å². The highest BCUT2D eigenvalue weighted by Crippen LogP contribution is 2.31. The van der Waals surface area contributed by atoms with Crippen molar-refractivity contribution in [1.29, 1.82) is 0 Å². The largest absolute Gasteiger partial charge is 0.444 e. The predicted molar refractivity (Wildman–Crippen MR) is 121 cm³/mol. The molecular weight excluding hydrogens is 390 g/mol. The van der Waals surface area contributed by atoms with E-state index >= 15 is 0 Å². The summed E-state index contributed by atoms with van der Waals surface area (Å²) in [7, 11) is 1.91. The Balaban J connectivity index is 1.49. The molecule has 0 bridgehead atoms. The minimum Gasteiger partial charge on any atom is -0.444 e. The Morgan fingerprint density at radius 1 is 1.19 bits per heavy atom. The summed E-state index contributed by atoms with van der Waals surface area (Å²) >= 11 is 0. The van der Waals surface area contributed by atoms with Gasteiger partial charge in [-0.15, -0.1) is 0 Å². The van der Waals surface area contributed by atoms with Gasteiger partial charge in [0.2, 0.25) is 0 Å². The van der Waals surface area contributed by atoms with Crippen molar-refractivity contribution in [2.24, 2.45) is 0 Å². The fourth-order valence-corrected chi connectivity index (χ4v) is 4.35. The first kappa shape index (κ1) is 21.6. The van der Waals surface area contributed by atoms with E-state index in [-0.39, 0.29) is 6.09 Å². The number of fused-ring (bicyclic) bond motifs is 1. The molecule has 7 heteroatoms. The molecule has 1 saturated heterocycles. The second-order valence-electron chi connectivity index (χ2n) is 9.46. The number of rotatable bonds is 4. The van der Waals surface area contributed by atoms with Crippen LogP contribution < -0.4 is 5.32 Å². The molecule has 166 valence electrons. The van der Waals surface area contributed by atoms with Gasteiger partial charge in [0.1, 0.15) is 17.2 Å². The molecule has 1 unspecified atom stereocenters. The molecule has 31 heavy (non-hydrogen) atoms. The van der Waals surface area contributed by atoms with E-state index < -0.39 is 5.60 Å². The molecule has 4 rings (SSSR count). The molecule has 1 atom stereocenters. The highest BCUT2D eigenvalue weighted by Gasteiger charge is 2.31. The van der Waals surface area contributed by atoms with Gasteiger partial charge in [-0.05, 0) is 45.7 Å². The van der Waals surface area contributed by atoms with Crippen molar-refractivity contribution in [3.05, 3.63) is 53.0 Å². The van der Waals surface area contributed by atoms with E-state index in [2.05, 4.69) is 40.5 Å². The number of hydrogen-bond acceptors (Lipinski definition) is 6. The van der Waals surface area contributed by atoms with Crippen LogP contribution in [0.15, 0.2) is 30.3 Å².